The molecule has 5 heteroatoms. The number of carbonyl (C=O) groups is 1. The van der Waals surface area contributed by atoms with Crippen LogP contribution in [-0.2, 0) is 19.5 Å². The topological polar surface area (TPSA) is 41.4 Å². The van der Waals surface area contributed by atoms with E-state index in [0.29, 0.717) is 11.7 Å². The molecule has 0 aliphatic carbocycles. The lowest BCUT2D eigenvalue weighted by Crippen LogP contribution is -2.36. The Bertz CT molecular complexity index is 755. The van der Waals surface area contributed by atoms with Crippen LogP contribution in [0.15, 0.2) is 36.4 Å². The van der Waals surface area contributed by atoms with E-state index in [1.54, 1.807) is 0 Å². The van der Waals surface area contributed by atoms with Gasteiger partial charge in [-0.15, -0.1) is 0 Å². The molecule has 138 valence electrons. The third kappa shape index (κ3) is 3.68. The number of likely N-dealkylation sites (tertiary alicyclic amines) is 1. The number of rotatable bonds is 4. The van der Waals surface area contributed by atoms with Gasteiger partial charge in [0, 0.05) is 32.2 Å². The van der Waals surface area contributed by atoms with Crippen molar-refractivity contribution in [3.8, 4) is 0 Å². The van der Waals surface area contributed by atoms with Crippen LogP contribution in [0.25, 0.3) is 0 Å². The molecule has 1 fully saturated rings. The summed E-state index contributed by atoms with van der Waals surface area (Å²) in [7, 11) is 2.13. The molecule has 5 nitrogen and oxygen atoms in total. The van der Waals surface area contributed by atoms with E-state index in [-0.39, 0.29) is 5.91 Å². The molecule has 0 bridgehead atoms. The highest BCUT2D eigenvalue weighted by atomic mass is 16.2. The first-order valence-corrected chi connectivity index (χ1v) is 9.81. The summed E-state index contributed by atoms with van der Waals surface area (Å²) in [6, 6.07) is 12.9. The molecule has 0 N–H and O–H groups in total. The largest absolute Gasteiger partial charge is 0.334 e. The van der Waals surface area contributed by atoms with Crippen LogP contribution in [-0.4, -0.2) is 51.7 Å². The van der Waals surface area contributed by atoms with Crippen molar-refractivity contribution >= 4 is 5.91 Å². The molecule has 1 aromatic heterocycles. The van der Waals surface area contributed by atoms with Crippen LogP contribution in [0.3, 0.4) is 0 Å². The van der Waals surface area contributed by atoms with Crippen molar-refractivity contribution < 1.29 is 4.79 Å². The molecular formula is C21H28N4O. The van der Waals surface area contributed by atoms with Crippen LogP contribution in [0.5, 0.6) is 0 Å². The average molecular weight is 352 g/mol. The van der Waals surface area contributed by atoms with Gasteiger partial charge >= 0.3 is 0 Å². The predicted molar refractivity (Wildman–Crippen MR) is 102 cm³/mol. The van der Waals surface area contributed by atoms with Crippen LogP contribution in [0.1, 0.15) is 47.4 Å². The van der Waals surface area contributed by atoms with E-state index in [1.807, 2.05) is 10.7 Å². The van der Waals surface area contributed by atoms with E-state index < -0.39 is 0 Å². The third-order valence-electron chi connectivity index (χ3n) is 5.67. The average Bonchev–Trinajstić information content (AvgIpc) is 3.24. The summed E-state index contributed by atoms with van der Waals surface area (Å²) < 4.78 is 2.03. The number of amides is 1. The Morgan fingerprint density at radius 3 is 2.85 bits per heavy atom. The van der Waals surface area contributed by atoms with Gasteiger partial charge in [-0.1, -0.05) is 30.3 Å². The summed E-state index contributed by atoms with van der Waals surface area (Å²) in [5.74, 6) is 0.115. The lowest BCUT2D eigenvalue weighted by molar-refractivity contribution is 0.0723. The first kappa shape index (κ1) is 17.3. The van der Waals surface area contributed by atoms with Gasteiger partial charge in [0.25, 0.3) is 5.91 Å². The summed E-state index contributed by atoms with van der Waals surface area (Å²) in [5.41, 5.74) is 3.14. The van der Waals surface area contributed by atoms with Crippen molar-refractivity contribution in [1.29, 1.82) is 0 Å². The van der Waals surface area contributed by atoms with E-state index in [2.05, 4.69) is 52.3 Å². The van der Waals surface area contributed by atoms with Crippen molar-refractivity contribution in [1.82, 2.24) is 19.6 Å². The van der Waals surface area contributed by atoms with Gasteiger partial charge in [-0.3, -0.25) is 9.48 Å². The molecule has 0 radical (unpaired) electrons. The maximum absolute atomic E-state index is 13.1. The van der Waals surface area contributed by atoms with Crippen LogP contribution in [0.4, 0.5) is 0 Å². The SMILES string of the molecule is CN1CCCn2nc(C(=O)N3CCC[C@@H]3CCc3ccccc3)cc2C1. The molecule has 0 saturated carbocycles. The lowest BCUT2D eigenvalue weighted by Gasteiger charge is -2.24. The van der Waals surface area contributed by atoms with Gasteiger partial charge in [-0.2, -0.15) is 5.10 Å². The fourth-order valence-electron chi connectivity index (χ4n) is 4.26. The smallest absolute Gasteiger partial charge is 0.274 e. The van der Waals surface area contributed by atoms with Crippen molar-refractivity contribution in [2.75, 3.05) is 20.1 Å². The van der Waals surface area contributed by atoms with Gasteiger partial charge < -0.3 is 9.80 Å². The van der Waals surface area contributed by atoms with E-state index in [1.165, 1.54) is 5.56 Å². The number of aryl methyl sites for hydroxylation is 2. The van der Waals surface area contributed by atoms with Gasteiger partial charge in [0.1, 0.15) is 0 Å². The molecule has 1 atom stereocenters. The molecule has 0 spiro atoms. The number of benzene rings is 1. The Morgan fingerprint density at radius 1 is 1.15 bits per heavy atom. The highest BCUT2D eigenvalue weighted by Crippen LogP contribution is 2.24. The zero-order valence-electron chi connectivity index (χ0n) is 15.6. The van der Waals surface area contributed by atoms with E-state index in [9.17, 15) is 4.79 Å². The van der Waals surface area contributed by atoms with Crippen LogP contribution in [0.2, 0.25) is 0 Å². The van der Waals surface area contributed by atoms with Crippen LogP contribution < -0.4 is 0 Å². The van der Waals surface area contributed by atoms with Gasteiger partial charge in [0.15, 0.2) is 5.69 Å². The molecule has 1 amide bonds. The maximum atomic E-state index is 13.1. The Labute approximate surface area is 155 Å². The summed E-state index contributed by atoms with van der Waals surface area (Å²) in [6.45, 7) is 3.73. The third-order valence-corrected chi connectivity index (χ3v) is 5.67. The van der Waals surface area contributed by atoms with E-state index in [0.717, 1.165) is 64.0 Å². The summed E-state index contributed by atoms with van der Waals surface area (Å²) in [6.07, 6.45) is 5.35. The molecule has 0 unspecified atom stereocenters. The standard InChI is InChI=1S/C21H28N4O/c1-23-12-6-14-25-19(16-23)15-20(22-25)21(26)24-13-5-9-18(24)11-10-17-7-3-2-4-8-17/h2-4,7-8,15,18H,5-6,9-14,16H2,1H3/t18-/m1/s1. The fourth-order valence-corrected chi connectivity index (χ4v) is 4.26. The number of aromatic nitrogens is 2. The van der Waals surface area contributed by atoms with Crippen molar-refractivity contribution in [3.05, 3.63) is 53.3 Å². The number of carbonyl (C=O) groups excluding carboxylic acids is 1. The molecule has 2 aliphatic rings. The van der Waals surface area contributed by atoms with Gasteiger partial charge in [-0.05, 0) is 50.8 Å². The first-order valence-electron chi connectivity index (χ1n) is 9.81. The van der Waals surface area contributed by atoms with Gasteiger partial charge in [0.2, 0.25) is 0 Å². The highest BCUT2D eigenvalue weighted by molar-refractivity contribution is 5.92. The van der Waals surface area contributed by atoms with Crippen LogP contribution >= 0.6 is 0 Å². The van der Waals surface area contributed by atoms with Crippen molar-refractivity contribution in [2.24, 2.45) is 0 Å². The normalized spacial score (nSPS) is 20.8. The van der Waals surface area contributed by atoms with Crippen molar-refractivity contribution in [2.45, 2.75) is 51.2 Å². The van der Waals surface area contributed by atoms with E-state index >= 15 is 0 Å². The molecule has 4 rings (SSSR count). The number of fused-ring (bicyclic) bond motifs is 1. The lowest BCUT2D eigenvalue weighted by atomic mass is 10.0. The zero-order chi connectivity index (χ0) is 17.9. The van der Waals surface area contributed by atoms with Gasteiger partial charge in [-0.25, -0.2) is 0 Å². The van der Waals surface area contributed by atoms with E-state index in [4.69, 9.17) is 0 Å². The fraction of sp³-hybridized carbons (Fsp3) is 0.524. The molecule has 1 aromatic carbocycles. The van der Waals surface area contributed by atoms with Crippen LogP contribution in [0, 0.1) is 0 Å². The molecule has 2 aliphatic heterocycles. The Morgan fingerprint density at radius 2 is 2.00 bits per heavy atom. The molecule has 1 saturated heterocycles. The molecule has 3 heterocycles. The second-order valence-corrected chi connectivity index (χ2v) is 7.65. The Hall–Kier alpha value is -2.14. The minimum atomic E-state index is 0.115. The summed E-state index contributed by atoms with van der Waals surface area (Å²) in [5, 5.41) is 4.64. The summed E-state index contributed by atoms with van der Waals surface area (Å²) in [4.78, 5) is 17.5. The second kappa shape index (κ2) is 7.62. The summed E-state index contributed by atoms with van der Waals surface area (Å²) >= 11 is 0. The number of nitrogens with zero attached hydrogens (tertiary/aromatic N) is 4. The number of hydrogen-bond acceptors (Lipinski definition) is 3. The highest BCUT2D eigenvalue weighted by Gasteiger charge is 2.31. The maximum Gasteiger partial charge on any atom is 0.274 e. The van der Waals surface area contributed by atoms with Gasteiger partial charge in [0.05, 0.1) is 5.69 Å². The van der Waals surface area contributed by atoms with Crippen molar-refractivity contribution in [3.63, 3.8) is 0 Å². The molecule has 26 heavy (non-hydrogen) atoms. The molecule has 2 aromatic rings. The Kier molecular flexibility index (Phi) is 5.07. The monoisotopic (exact) mass is 352 g/mol. The minimum absolute atomic E-state index is 0.115. The second-order valence-electron chi connectivity index (χ2n) is 7.65. The Balaban J connectivity index is 1.44. The predicted octanol–water partition coefficient (Wildman–Crippen LogP) is 2.96. The minimum Gasteiger partial charge on any atom is -0.334 e. The molecular weight excluding hydrogens is 324 g/mol. The quantitative estimate of drug-likeness (QED) is 0.849. The first-order chi connectivity index (χ1) is 12.7. The number of hydrogen-bond donors (Lipinski definition) is 0. The zero-order valence-corrected chi connectivity index (χ0v) is 15.6.